The van der Waals surface area contributed by atoms with Crippen molar-refractivity contribution in [2.75, 3.05) is 36.4 Å². The molecule has 4 rings (SSSR count). The first-order chi connectivity index (χ1) is 12.8. The van der Waals surface area contributed by atoms with Crippen molar-refractivity contribution >= 4 is 27.3 Å². The summed E-state index contributed by atoms with van der Waals surface area (Å²) in [5, 5.41) is 2.68. The van der Waals surface area contributed by atoms with Crippen molar-refractivity contribution in [2.45, 2.75) is 11.3 Å². The first-order valence-corrected chi connectivity index (χ1v) is 9.91. The van der Waals surface area contributed by atoms with Gasteiger partial charge in [0.1, 0.15) is 0 Å². The molecular formula is C18H17F2N3O3S. The van der Waals surface area contributed by atoms with Crippen molar-refractivity contribution in [3.63, 3.8) is 0 Å². The largest absolute Gasteiger partial charge is 0.369 e. The molecule has 6 nitrogen and oxygen atoms in total. The highest BCUT2D eigenvalue weighted by Gasteiger charge is 2.30. The van der Waals surface area contributed by atoms with Crippen molar-refractivity contribution in [3.05, 3.63) is 53.6 Å². The topological polar surface area (TPSA) is 69.7 Å². The van der Waals surface area contributed by atoms with Gasteiger partial charge >= 0.3 is 0 Å². The lowest BCUT2D eigenvalue weighted by Gasteiger charge is -2.35. The van der Waals surface area contributed by atoms with E-state index in [2.05, 4.69) is 5.32 Å². The summed E-state index contributed by atoms with van der Waals surface area (Å²) in [6.45, 7) is 1.20. The number of carbonyl (C=O) groups excluding carboxylic acids is 1. The molecule has 1 fully saturated rings. The first kappa shape index (κ1) is 17.9. The van der Waals surface area contributed by atoms with E-state index in [1.165, 1.54) is 22.5 Å². The van der Waals surface area contributed by atoms with E-state index in [1.807, 2.05) is 4.90 Å². The molecule has 0 radical (unpaired) electrons. The van der Waals surface area contributed by atoms with Gasteiger partial charge in [-0.1, -0.05) is 0 Å². The zero-order valence-electron chi connectivity index (χ0n) is 14.3. The molecule has 1 saturated heterocycles. The Labute approximate surface area is 155 Å². The number of rotatable bonds is 3. The Bertz CT molecular complexity index is 1020. The van der Waals surface area contributed by atoms with Crippen LogP contribution in [0.5, 0.6) is 0 Å². The summed E-state index contributed by atoms with van der Waals surface area (Å²) in [5.41, 5.74) is 1.83. The third-order valence-electron chi connectivity index (χ3n) is 4.85. The minimum atomic E-state index is -3.69. The maximum atomic E-state index is 13.4. The molecule has 0 aromatic heterocycles. The molecule has 2 heterocycles. The molecule has 0 unspecified atom stereocenters. The molecule has 0 aliphatic carbocycles. The lowest BCUT2D eigenvalue weighted by molar-refractivity contribution is -0.115. The van der Waals surface area contributed by atoms with Crippen LogP contribution < -0.4 is 10.2 Å². The number of halogens is 2. The summed E-state index contributed by atoms with van der Waals surface area (Å²) < 4.78 is 53.7. The Balaban J connectivity index is 1.49. The van der Waals surface area contributed by atoms with Crippen LogP contribution in [-0.4, -0.2) is 44.8 Å². The summed E-state index contributed by atoms with van der Waals surface area (Å²) in [7, 11) is -3.69. The van der Waals surface area contributed by atoms with E-state index in [0.717, 1.165) is 12.1 Å². The standard InChI is InChI=1S/C18H17F2N3O3S/c19-15-3-1-13(11-16(15)20)22-5-7-23(8-6-22)27(25,26)14-2-4-17-12(9-14)10-18(24)21-17/h1-4,9,11H,5-8,10H2,(H,21,24). The van der Waals surface area contributed by atoms with E-state index in [-0.39, 0.29) is 30.3 Å². The van der Waals surface area contributed by atoms with E-state index in [0.29, 0.717) is 30.0 Å². The Morgan fingerprint density at radius 2 is 1.67 bits per heavy atom. The number of benzene rings is 2. The molecule has 2 aliphatic rings. The van der Waals surface area contributed by atoms with Crippen LogP contribution in [0.4, 0.5) is 20.2 Å². The van der Waals surface area contributed by atoms with E-state index in [1.54, 1.807) is 6.07 Å². The van der Waals surface area contributed by atoms with E-state index in [4.69, 9.17) is 0 Å². The van der Waals surface area contributed by atoms with Crippen LogP contribution in [0.15, 0.2) is 41.3 Å². The summed E-state index contributed by atoms with van der Waals surface area (Å²) in [4.78, 5) is 13.4. The third-order valence-corrected chi connectivity index (χ3v) is 6.74. The van der Waals surface area contributed by atoms with Gasteiger partial charge in [-0.2, -0.15) is 4.31 Å². The van der Waals surface area contributed by atoms with Gasteiger partial charge < -0.3 is 10.2 Å². The molecule has 9 heteroatoms. The molecule has 2 aliphatic heterocycles. The fourth-order valence-electron chi connectivity index (χ4n) is 3.38. The monoisotopic (exact) mass is 393 g/mol. The molecule has 1 amide bonds. The number of sulfonamides is 1. The smallest absolute Gasteiger partial charge is 0.243 e. The molecule has 0 saturated carbocycles. The van der Waals surface area contributed by atoms with Gasteiger partial charge in [0.2, 0.25) is 15.9 Å². The van der Waals surface area contributed by atoms with Crippen molar-refractivity contribution < 1.29 is 22.0 Å². The summed E-state index contributed by atoms with van der Waals surface area (Å²) in [6.07, 6.45) is 0.169. The van der Waals surface area contributed by atoms with Gasteiger partial charge in [0, 0.05) is 43.6 Å². The molecule has 2 aromatic carbocycles. The first-order valence-electron chi connectivity index (χ1n) is 8.47. The SMILES string of the molecule is O=C1Cc2cc(S(=O)(=O)N3CCN(c4ccc(F)c(F)c4)CC3)ccc2N1. The molecular weight excluding hydrogens is 376 g/mol. The number of nitrogens with one attached hydrogen (secondary N) is 1. The maximum Gasteiger partial charge on any atom is 0.243 e. The molecule has 0 bridgehead atoms. The highest BCUT2D eigenvalue weighted by molar-refractivity contribution is 7.89. The maximum absolute atomic E-state index is 13.4. The van der Waals surface area contributed by atoms with Crippen LogP contribution in [0.1, 0.15) is 5.56 Å². The second-order valence-electron chi connectivity index (χ2n) is 6.53. The minimum Gasteiger partial charge on any atom is -0.369 e. The highest BCUT2D eigenvalue weighted by atomic mass is 32.2. The van der Waals surface area contributed by atoms with Crippen LogP contribution in [0.2, 0.25) is 0 Å². The Hall–Kier alpha value is -2.52. The van der Waals surface area contributed by atoms with Crippen LogP contribution in [-0.2, 0) is 21.2 Å². The summed E-state index contributed by atoms with van der Waals surface area (Å²) in [6, 6.07) is 8.28. The van der Waals surface area contributed by atoms with Gasteiger partial charge in [-0.15, -0.1) is 0 Å². The Morgan fingerprint density at radius 1 is 0.926 bits per heavy atom. The number of piperazine rings is 1. The van der Waals surface area contributed by atoms with Gasteiger partial charge in [0.05, 0.1) is 11.3 Å². The number of fused-ring (bicyclic) bond motifs is 1. The Kier molecular flexibility index (Phi) is 4.35. The van der Waals surface area contributed by atoms with Crippen LogP contribution in [0.25, 0.3) is 0 Å². The molecule has 2 aromatic rings. The second kappa shape index (κ2) is 6.58. The van der Waals surface area contributed by atoms with Crippen LogP contribution >= 0.6 is 0 Å². The van der Waals surface area contributed by atoms with Crippen molar-refractivity contribution in [1.29, 1.82) is 0 Å². The average Bonchev–Trinajstić information content (AvgIpc) is 3.03. The number of hydrogen-bond donors (Lipinski definition) is 1. The number of anilines is 2. The van der Waals surface area contributed by atoms with Gasteiger partial charge in [-0.05, 0) is 35.9 Å². The lowest BCUT2D eigenvalue weighted by Crippen LogP contribution is -2.48. The van der Waals surface area contributed by atoms with Crippen molar-refractivity contribution in [3.8, 4) is 0 Å². The average molecular weight is 393 g/mol. The van der Waals surface area contributed by atoms with Crippen LogP contribution in [0.3, 0.4) is 0 Å². The molecule has 0 atom stereocenters. The number of nitrogens with zero attached hydrogens (tertiary/aromatic N) is 2. The van der Waals surface area contributed by atoms with Gasteiger partial charge in [-0.25, -0.2) is 17.2 Å². The second-order valence-corrected chi connectivity index (χ2v) is 8.47. The fourth-order valence-corrected chi connectivity index (χ4v) is 4.86. The van der Waals surface area contributed by atoms with Crippen molar-refractivity contribution in [2.24, 2.45) is 0 Å². The molecule has 0 spiro atoms. The number of hydrogen-bond acceptors (Lipinski definition) is 4. The summed E-state index contributed by atoms with van der Waals surface area (Å²) in [5.74, 6) is -1.99. The molecule has 27 heavy (non-hydrogen) atoms. The lowest BCUT2D eigenvalue weighted by atomic mass is 10.2. The molecule has 1 N–H and O–H groups in total. The van der Waals surface area contributed by atoms with Gasteiger partial charge in [0.15, 0.2) is 11.6 Å². The number of amides is 1. The normalized spacial score (nSPS) is 17.7. The van der Waals surface area contributed by atoms with E-state index in [9.17, 15) is 22.0 Å². The van der Waals surface area contributed by atoms with Gasteiger partial charge in [-0.3, -0.25) is 4.79 Å². The zero-order valence-corrected chi connectivity index (χ0v) is 15.1. The zero-order chi connectivity index (χ0) is 19.2. The predicted molar refractivity (Wildman–Crippen MR) is 96.1 cm³/mol. The predicted octanol–water partition coefficient (Wildman–Crippen LogP) is 1.97. The fraction of sp³-hybridized carbons (Fsp3) is 0.278. The van der Waals surface area contributed by atoms with Crippen LogP contribution in [0, 0.1) is 11.6 Å². The molecule has 142 valence electrons. The third kappa shape index (κ3) is 3.28. The highest BCUT2D eigenvalue weighted by Crippen LogP contribution is 2.28. The minimum absolute atomic E-state index is 0.152. The quantitative estimate of drug-likeness (QED) is 0.866. The van der Waals surface area contributed by atoms with E-state index >= 15 is 0 Å². The number of carbonyl (C=O) groups is 1. The van der Waals surface area contributed by atoms with E-state index < -0.39 is 21.7 Å². The Morgan fingerprint density at radius 3 is 2.37 bits per heavy atom. The summed E-state index contributed by atoms with van der Waals surface area (Å²) >= 11 is 0. The van der Waals surface area contributed by atoms with Gasteiger partial charge in [0.25, 0.3) is 0 Å². The van der Waals surface area contributed by atoms with Crippen molar-refractivity contribution in [1.82, 2.24) is 4.31 Å².